The van der Waals surface area contributed by atoms with Crippen molar-refractivity contribution in [2.45, 2.75) is 96.8 Å². The lowest BCUT2D eigenvalue weighted by Gasteiger charge is -2.06. The zero-order chi connectivity index (χ0) is 19.4. The van der Waals surface area contributed by atoms with Gasteiger partial charge in [-0.1, -0.05) is 101 Å². The number of carbonyl (C=O) groups excluding carboxylic acids is 1. The van der Waals surface area contributed by atoms with Crippen molar-refractivity contribution in [3.05, 3.63) is 35.9 Å². The van der Waals surface area contributed by atoms with Crippen LogP contribution < -0.4 is 0 Å². The Kier molecular flexibility index (Phi) is 15.6. The average molecular weight is 377 g/mol. The van der Waals surface area contributed by atoms with Crippen molar-refractivity contribution in [1.82, 2.24) is 0 Å². The molecular weight excluding hydrogens is 336 g/mol. The van der Waals surface area contributed by atoms with E-state index in [4.69, 9.17) is 9.47 Å². The second-order valence-corrected chi connectivity index (χ2v) is 7.43. The van der Waals surface area contributed by atoms with Crippen molar-refractivity contribution in [2.24, 2.45) is 0 Å². The molecule has 0 aliphatic rings. The Bertz CT molecular complexity index is 444. The lowest BCUT2D eigenvalue weighted by molar-refractivity contribution is 0.0529. The highest BCUT2D eigenvalue weighted by Crippen LogP contribution is 2.11. The fourth-order valence-corrected chi connectivity index (χ4v) is 3.19. The molecule has 0 saturated carbocycles. The van der Waals surface area contributed by atoms with Gasteiger partial charge in [-0.15, -0.1) is 0 Å². The Morgan fingerprint density at radius 2 is 1.15 bits per heavy atom. The van der Waals surface area contributed by atoms with E-state index in [1.54, 1.807) is 0 Å². The quantitative estimate of drug-likeness (QED) is 0.209. The fourth-order valence-electron chi connectivity index (χ4n) is 3.19. The third kappa shape index (κ3) is 15.3. The highest BCUT2D eigenvalue weighted by Gasteiger charge is 2.03. The van der Waals surface area contributed by atoms with Gasteiger partial charge in [0.25, 0.3) is 0 Å². The van der Waals surface area contributed by atoms with Crippen molar-refractivity contribution in [3.8, 4) is 0 Å². The number of unbranched alkanes of at least 4 members (excludes halogenated alkanes) is 11. The molecule has 1 rings (SSSR count). The molecule has 0 fully saturated rings. The summed E-state index contributed by atoms with van der Waals surface area (Å²) in [5, 5.41) is 0. The van der Waals surface area contributed by atoms with E-state index < -0.39 is 6.16 Å². The van der Waals surface area contributed by atoms with Crippen molar-refractivity contribution in [3.63, 3.8) is 0 Å². The largest absolute Gasteiger partial charge is 0.508 e. The fraction of sp³-hybridized carbons (Fsp3) is 0.708. The average Bonchev–Trinajstić information content (AvgIpc) is 2.69. The molecule has 0 N–H and O–H groups in total. The number of benzene rings is 1. The van der Waals surface area contributed by atoms with E-state index in [2.05, 4.69) is 37.3 Å². The van der Waals surface area contributed by atoms with Crippen LogP contribution in [-0.4, -0.2) is 19.4 Å². The molecule has 1 aromatic rings. The van der Waals surface area contributed by atoms with Crippen LogP contribution in [0.4, 0.5) is 4.79 Å². The number of rotatable bonds is 17. The van der Waals surface area contributed by atoms with Crippen molar-refractivity contribution < 1.29 is 14.3 Å². The number of aryl methyl sites for hydroxylation is 1. The van der Waals surface area contributed by atoms with Crippen LogP contribution in [0.25, 0.3) is 0 Å². The van der Waals surface area contributed by atoms with Crippen LogP contribution in [0.15, 0.2) is 30.3 Å². The minimum atomic E-state index is -0.496. The summed E-state index contributed by atoms with van der Waals surface area (Å²) in [6.07, 6.45) is 16.3. The topological polar surface area (TPSA) is 35.5 Å². The maximum Gasteiger partial charge on any atom is 0.508 e. The molecule has 0 spiro atoms. The van der Waals surface area contributed by atoms with E-state index in [9.17, 15) is 4.79 Å². The van der Waals surface area contributed by atoms with Crippen LogP contribution in [0.5, 0.6) is 0 Å². The second-order valence-electron chi connectivity index (χ2n) is 7.43. The number of hydrogen-bond donors (Lipinski definition) is 0. The Morgan fingerprint density at radius 3 is 1.70 bits per heavy atom. The summed E-state index contributed by atoms with van der Waals surface area (Å²) in [7, 11) is 0. The zero-order valence-electron chi connectivity index (χ0n) is 17.4. The lowest BCUT2D eigenvalue weighted by Crippen LogP contribution is -2.09. The molecule has 0 aliphatic heterocycles. The van der Waals surface area contributed by atoms with Gasteiger partial charge >= 0.3 is 6.16 Å². The molecule has 3 nitrogen and oxygen atoms in total. The van der Waals surface area contributed by atoms with Gasteiger partial charge < -0.3 is 9.47 Å². The molecule has 27 heavy (non-hydrogen) atoms. The summed E-state index contributed by atoms with van der Waals surface area (Å²) in [6, 6.07) is 10.7. The molecule has 154 valence electrons. The smallest absolute Gasteiger partial charge is 0.434 e. The summed E-state index contributed by atoms with van der Waals surface area (Å²) in [4.78, 5) is 11.5. The molecule has 0 saturated heterocycles. The molecule has 3 heteroatoms. The first-order chi connectivity index (χ1) is 13.3. The third-order valence-corrected chi connectivity index (χ3v) is 4.89. The van der Waals surface area contributed by atoms with E-state index in [0.29, 0.717) is 13.2 Å². The van der Waals surface area contributed by atoms with E-state index >= 15 is 0 Å². The normalized spacial score (nSPS) is 10.7. The molecule has 0 unspecified atom stereocenters. The predicted octanol–water partition coefficient (Wildman–Crippen LogP) is 7.47. The summed E-state index contributed by atoms with van der Waals surface area (Å²) >= 11 is 0. The Balaban J connectivity index is 1.77. The van der Waals surface area contributed by atoms with E-state index in [1.165, 1.54) is 69.8 Å². The van der Waals surface area contributed by atoms with Crippen LogP contribution >= 0.6 is 0 Å². The Labute approximate surface area is 166 Å². The molecule has 0 amide bonds. The molecule has 0 aliphatic carbocycles. The third-order valence-electron chi connectivity index (χ3n) is 4.89. The van der Waals surface area contributed by atoms with Crippen LogP contribution in [-0.2, 0) is 15.9 Å². The number of carbonyl (C=O) groups is 1. The van der Waals surface area contributed by atoms with Crippen LogP contribution in [0.1, 0.15) is 96.0 Å². The van der Waals surface area contributed by atoms with Crippen molar-refractivity contribution in [1.29, 1.82) is 0 Å². The molecular formula is C24H40O3. The monoisotopic (exact) mass is 376 g/mol. The van der Waals surface area contributed by atoms with Crippen LogP contribution in [0.3, 0.4) is 0 Å². The standard InChI is InChI=1S/C24H40O3/c1-2-3-4-5-10-16-21-26-24(25)27-22-17-11-8-6-7-9-13-18-23-19-14-12-15-20-23/h12,14-15,19-20H,2-11,13,16-18,21-22H2,1H3. The molecule has 0 radical (unpaired) electrons. The first-order valence-electron chi connectivity index (χ1n) is 11.2. The van der Waals surface area contributed by atoms with Gasteiger partial charge in [0.15, 0.2) is 0 Å². The van der Waals surface area contributed by atoms with E-state index in [0.717, 1.165) is 25.7 Å². The maximum absolute atomic E-state index is 11.5. The van der Waals surface area contributed by atoms with Crippen molar-refractivity contribution >= 4 is 6.16 Å². The molecule has 0 atom stereocenters. The van der Waals surface area contributed by atoms with Gasteiger partial charge in [0.1, 0.15) is 0 Å². The summed E-state index contributed by atoms with van der Waals surface area (Å²) in [5.41, 5.74) is 1.44. The predicted molar refractivity (Wildman–Crippen MR) is 113 cm³/mol. The number of ether oxygens (including phenoxy) is 2. The molecule has 1 aromatic carbocycles. The summed E-state index contributed by atoms with van der Waals surface area (Å²) in [6.45, 7) is 3.20. The SMILES string of the molecule is CCCCCCCCOC(=O)OCCCCCCCCCc1ccccc1. The van der Waals surface area contributed by atoms with Gasteiger partial charge in [-0.3, -0.25) is 0 Å². The summed E-state index contributed by atoms with van der Waals surface area (Å²) < 4.78 is 10.2. The van der Waals surface area contributed by atoms with Crippen LogP contribution in [0, 0.1) is 0 Å². The second kappa shape index (κ2) is 17.9. The maximum atomic E-state index is 11.5. The molecule has 0 aromatic heterocycles. The minimum absolute atomic E-state index is 0.489. The Hall–Kier alpha value is -1.51. The molecule has 0 heterocycles. The first kappa shape index (κ1) is 23.5. The van der Waals surface area contributed by atoms with Crippen molar-refractivity contribution in [2.75, 3.05) is 13.2 Å². The zero-order valence-corrected chi connectivity index (χ0v) is 17.4. The van der Waals surface area contributed by atoms with Gasteiger partial charge in [0.2, 0.25) is 0 Å². The minimum Gasteiger partial charge on any atom is -0.434 e. The highest BCUT2D eigenvalue weighted by atomic mass is 16.7. The van der Waals surface area contributed by atoms with E-state index in [-0.39, 0.29) is 0 Å². The first-order valence-corrected chi connectivity index (χ1v) is 11.2. The highest BCUT2D eigenvalue weighted by molar-refractivity contribution is 5.59. The van der Waals surface area contributed by atoms with Gasteiger partial charge in [0, 0.05) is 0 Å². The Morgan fingerprint density at radius 1 is 0.667 bits per heavy atom. The number of hydrogen-bond acceptors (Lipinski definition) is 3. The van der Waals surface area contributed by atoms with E-state index in [1.807, 2.05) is 0 Å². The summed E-state index contributed by atoms with van der Waals surface area (Å²) in [5.74, 6) is 0. The van der Waals surface area contributed by atoms with Gasteiger partial charge in [-0.05, 0) is 31.2 Å². The molecule has 0 bridgehead atoms. The van der Waals surface area contributed by atoms with Crippen LogP contribution in [0.2, 0.25) is 0 Å². The van der Waals surface area contributed by atoms with Gasteiger partial charge in [-0.2, -0.15) is 0 Å². The van der Waals surface area contributed by atoms with Gasteiger partial charge in [-0.25, -0.2) is 4.79 Å². The lowest BCUT2D eigenvalue weighted by atomic mass is 10.0. The van der Waals surface area contributed by atoms with Gasteiger partial charge in [0.05, 0.1) is 13.2 Å².